The molecule has 1 aromatic heterocycles. The summed E-state index contributed by atoms with van der Waals surface area (Å²) < 4.78 is 1.10. The highest BCUT2D eigenvalue weighted by atomic mass is 127. The third-order valence-corrected chi connectivity index (χ3v) is 4.61. The van der Waals surface area contributed by atoms with E-state index >= 15 is 0 Å². The Kier molecular flexibility index (Phi) is 3.32. The third kappa shape index (κ3) is 2.34. The fraction of sp³-hybridized carbons (Fsp3) is 0.500. The number of amides is 1. The SMILES string of the molecule is O=C(NC1(CO)CCC1)c1csc(I)c1. The number of carbonyl (C=O) groups excluding carboxylic acids is 1. The van der Waals surface area contributed by atoms with E-state index in [2.05, 4.69) is 27.9 Å². The van der Waals surface area contributed by atoms with Gasteiger partial charge in [0.25, 0.3) is 5.91 Å². The fourth-order valence-corrected chi connectivity index (χ4v) is 2.99. The molecule has 5 heteroatoms. The number of halogens is 1. The second kappa shape index (κ2) is 4.39. The highest BCUT2D eigenvalue weighted by Gasteiger charge is 2.37. The molecule has 1 aromatic rings. The Morgan fingerprint density at radius 2 is 2.40 bits per heavy atom. The molecule has 15 heavy (non-hydrogen) atoms. The monoisotopic (exact) mass is 337 g/mol. The Labute approximate surface area is 106 Å². The van der Waals surface area contributed by atoms with Gasteiger partial charge >= 0.3 is 0 Å². The molecule has 0 aliphatic heterocycles. The minimum absolute atomic E-state index is 0.0416. The number of aliphatic hydroxyl groups excluding tert-OH is 1. The van der Waals surface area contributed by atoms with Crippen LogP contribution in [0.2, 0.25) is 0 Å². The molecule has 0 bridgehead atoms. The summed E-state index contributed by atoms with van der Waals surface area (Å²) in [5, 5.41) is 14.0. The number of aliphatic hydroxyl groups is 1. The standard InChI is InChI=1S/C10H12INO2S/c11-8-4-7(5-15-8)9(14)12-10(6-13)2-1-3-10/h4-5,13H,1-3,6H2,(H,12,14). The fourth-order valence-electron chi connectivity index (χ4n) is 1.67. The van der Waals surface area contributed by atoms with E-state index in [-0.39, 0.29) is 18.1 Å². The van der Waals surface area contributed by atoms with Gasteiger partial charge in [-0.1, -0.05) is 0 Å². The molecule has 82 valence electrons. The molecule has 1 heterocycles. The van der Waals surface area contributed by atoms with E-state index in [9.17, 15) is 9.90 Å². The number of thiophene rings is 1. The molecule has 0 spiro atoms. The van der Waals surface area contributed by atoms with Crippen LogP contribution in [0.1, 0.15) is 29.6 Å². The van der Waals surface area contributed by atoms with Crippen molar-refractivity contribution in [2.24, 2.45) is 0 Å². The van der Waals surface area contributed by atoms with Crippen molar-refractivity contribution in [3.05, 3.63) is 19.9 Å². The van der Waals surface area contributed by atoms with E-state index in [1.165, 1.54) is 0 Å². The first-order valence-corrected chi connectivity index (χ1v) is 6.78. The van der Waals surface area contributed by atoms with E-state index in [1.807, 2.05) is 11.4 Å². The predicted molar refractivity (Wildman–Crippen MR) is 68.2 cm³/mol. The summed E-state index contributed by atoms with van der Waals surface area (Å²) in [5.41, 5.74) is 0.355. The van der Waals surface area contributed by atoms with Crippen LogP contribution in [0.25, 0.3) is 0 Å². The maximum absolute atomic E-state index is 11.8. The third-order valence-electron chi connectivity index (χ3n) is 2.82. The highest BCUT2D eigenvalue weighted by molar-refractivity contribution is 14.1. The summed E-state index contributed by atoms with van der Waals surface area (Å²) in [6.45, 7) is 0.0416. The van der Waals surface area contributed by atoms with E-state index < -0.39 is 0 Å². The highest BCUT2D eigenvalue weighted by Crippen LogP contribution is 2.31. The van der Waals surface area contributed by atoms with Gasteiger partial charge in [0.15, 0.2) is 0 Å². The zero-order valence-corrected chi connectivity index (χ0v) is 11.1. The number of nitrogens with one attached hydrogen (secondary N) is 1. The summed E-state index contributed by atoms with van der Waals surface area (Å²) in [6, 6.07) is 1.87. The molecule has 1 fully saturated rings. The van der Waals surface area contributed by atoms with Crippen LogP contribution in [0.15, 0.2) is 11.4 Å². The van der Waals surface area contributed by atoms with Crippen molar-refractivity contribution in [1.82, 2.24) is 5.32 Å². The van der Waals surface area contributed by atoms with Crippen LogP contribution >= 0.6 is 33.9 Å². The van der Waals surface area contributed by atoms with Crippen molar-refractivity contribution in [3.8, 4) is 0 Å². The van der Waals surface area contributed by atoms with Crippen molar-refractivity contribution in [2.75, 3.05) is 6.61 Å². The Morgan fingerprint density at radius 3 is 2.80 bits per heavy atom. The van der Waals surface area contributed by atoms with Crippen LogP contribution in [-0.2, 0) is 0 Å². The smallest absolute Gasteiger partial charge is 0.252 e. The number of rotatable bonds is 3. The van der Waals surface area contributed by atoms with Crippen LogP contribution in [0, 0.1) is 2.88 Å². The summed E-state index contributed by atoms with van der Waals surface area (Å²) in [4.78, 5) is 11.8. The largest absolute Gasteiger partial charge is 0.394 e. The molecule has 0 unspecified atom stereocenters. The Bertz CT molecular complexity index is 368. The molecule has 2 N–H and O–H groups in total. The van der Waals surface area contributed by atoms with Crippen molar-refractivity contribution >= 4 is 39.8 Å². The summed E-state index contributed by atoms with van der Waals surface area (Å²) in [6.07, 6.45) is 2.86. The second-order valence-corrected chi connectivity index (χ2v) is 6.69. The van der Waals surface area contributed by atoms with Crippen LogP contribution in [0.4, 0.5) is 0 Å². The van der Waals surface area contributed by atoms with E-state index in [4.69, 9.17) is 0 Å². The molecular formula is C10H12INO2S. The zero-order chi connectivity index (χ0) is 10.9. The van der Waals surface area contributed by atoms with Gasteiger partial charge in [0, 0.05) is 5.38 Å². The first-order valence-electron chi connectivity index (χ1n) is 4.83. The minimum Gasteiger partial charge on any atom is -0.394 e. The molecule has 3 nitrogen and oxygen atoms in total. The lowest BCUT2D eigenvalue weighted by Gasteiger charge is -2.40. The predicted octanol–water partition coefficient (Wildman–Crippen LogP) is 2.00. The number of hydrogen-bond donors (Lipinski definition) is 2. The molecular weight excluding hydrogens is 325 g/mol. The van der Waals surface area contributed by atoms with Gasteiger partial charge in [-0.25, -0.2) is 0 Å². The molecule has 0 saturated heterocycles. The van der Waals surface area contributed by atoms with Crippen LogP contribution in [0.5, 0.6) is 0 Å². The summed E-state index contributed by atoms with van der Waals surface area (Å²) >= 11 is 3.75. The van der Waals surface area contributed by atoms with Crippen molar-refractivity contribution in [2.45, 2.75) is 24.8 Å². The average molecular weight is 337 g/mol. The molecule has 2 rings (SSSR count). The Hall–Kier alpha value is -0.140. The first kappa shape index (κ1) is 11.3. The van der Waals surface area contributed by atoms with Crippen LogP contribution in [0.3, 0.4) is 0 Å². The molecule has 0 atom stereocenters. The van der Waals surface area contributed by atoms with E-state index in [0.29, 0.717) is 5.56 Å². The van der Waals surface area contributed by atoms with E-state index in [0.717, 1.165) is 22.1 Å². The lowest BCUT2D eigenvalue weighted by Crippen LogP contribution is -2.56. The Morgan fingerprint density at radius 1 is 1.67 bits per heavy atom. The average Bonchev–Trinajstić information content (AvgIpc) is 2.58. The van der Waals surface area contributed by atoms with Gasteiger partial charge in [0.2, 0.25) is 0 Å². The normalized spacial score (nSPS) is 18.3. The number of carbonyl (C=O) groups is 1. The van der Waals surface area contributed by atoms with Gasteiger partial charge in [-0.15, -0.1) is 11.3 Å². The van der Waals surface area contributed by atoms with Crippen LogP contribution < -0.4 is 5.32 Å². The van der Waals surface area contributed by atoms with Gasteiger partial charge in [-0.05, 0) is 47.9 Å². The van der Waals surface area contributed by atoms with Crippen molar-refractivity contribution in [3.63, 3.8) is 0 Å². The summed E-state index contributed by atoms with van der Waals surface area (Å²) in [5.74, 6) is -0.0667. The van der Waals surface area contributed by atoms with Crippen LogP contribution in [-0.4, -0.2) is 23.2 Å². The topological polar surface area (TPSA) is 49.3 Å². The Balaban J connectivity index is 2.03. The van der Waals surface area contributed by atoms with E-state index in [1.54, 1.807) is 11.3 Å². The van der Waals surface area contributed by atoms with Gasteiger partial charge in [0.1, 0.15) is 0 Å². The van der Waals surface area contributed by atoms with Gasteiger partial charge in [0.05, 0.1) is 20.6 Å². The number of hydrogen-bond acceptors (Lipinski definition) is 3. The maximum Gasteiger partial charge on any atom is 0.252 e. The molecule has 0 aromatic carbocycles. The van der Waals surface area contributed by atoms with Gasteiger partial charge < -0.3 is 10.4 Å². The van der Waals surface area contributed by atoms with Crippen molar-refractivity contribution in [1.29, 1.82) is 0 Å². The van der Waals surface area contributed by atoms with Gasteiger partial charge in [-0.2, -0.15) is 0 Å². The molecule has 1 amide bonds. The molecule has 1 saturated carbocycles. The zero-order valence-electron chi connectivity index (χ0n) is 8.12. The molecule has 1 aliphatic rings. The first-order chi connectivity index (χ1) is 7.15. The molecule has 1 aliphatic carbocycles. The molecule has 0 radical (unpaired) electrons. The quantitative estimate of drug-likeness (QED) is 0.829. The lowest BCUT2D eigenvalue weighted by molar-refractivity contribution is 0.0642. The lowest BCUT2D eigenvalue weighted by atomic mass is 9.77. The maximum atomic E-state index is 11.8. The second-order valence-electron chi connectivity index (χ2n) is 3.89. The van der Waals surface area contributed by atoms with Gasteiger partial charge in [-0.3, -0.25) is 4.79 Å². The minimum atomic E-state index is -0.343. The summed E-state index contributed by atoms with van der Waals surface area (Å²) in [7, 11) is 0. The van der Waals surface area contributed by atoms with Crippen molar-refractivity contribution < 1.29 is 9.90 Å².